The zero-order valence-corrected chi connectivity index (χ0v) is 36.4. The van der Waals surface area contributed by atoms with Crippen LogP contribution in [0.2, 0.25) is 5.02 Å². The Labute approximate surface area is 359 Å². The maximum atomic E-state index is 15.0. The second kappa shape index (κ2) is 17.2. The van der Waals surface area contributed by atoms with Gasteiger partial charge in [0.1, 0.15) is 27.3 Å². The maximum Gasteiger partial charge on any atom is 0.363 e. The molecule has 2 bridgehead atoms. The normalized spacial score (nSPS) is 26.7. The highest BCUT2D eigenvalue weighted by molar-refractivity contribution is 7.92. The lowest BCUT2D eigenvalue weighted by atomic mass is 9.68. The smallest absolute Gasteiger partial charge is 0.363 e. The number of nitrogens with one attached hydrogen (secondary N) is 1. The zero-order chi connectivity index (χ0) is 43.1. The average molecular weight is 876 g/mol. The molecule has 4 heterocycles. The summed E-state index contributed by atoms with van der Waals surface area (Å²) in [6.07, 6.45) is 9.72. The van der Waals surface area contributed by atoms with E-state index in [1.165, 1.54) is 40.9 Å². The minimum absolute atomic E-state index is 0.00575. The third-order valence-corrected chi connectivity index (χ3v) is 14.3. The monoisotopic (exact) mass is 875 g/mol. The van der Waals surface area contributed by atoms with E-state index in [1.807, 2.05) is 12.1 Å². The van der Waals surface area contributed by atoms with E-state index in [2.05, 4.69) is 36.3 Å². The van der Waals surface area contributed by atoms with Crippen LogP contribution in [0.5, 0.6) is 17.4 Å². The first kappa shape index (κ1) is 42.3. The summed E-state index contributed by atoms with van der Waals surface area (Å²) in [4.78, 5) is 44.1. The van der Waals surface area contributed by atoms with Gasteiger partial charge in [0.2, 0.25) is 11.6 Å². The molecule has 1 saturated carbocycles. The minimum Gasteiger partial charge on any atom is -0.493 e. The quantitative estimate of drug-likeness (QED) is 0.183. The van der Waals surface area contributed by atoms with Gasteiger partial charge in [-0.25, -0.2) is 9.00 Å². The van der Waals surface area contributed by atoms with Crippen molar-refractivity contribution in [1.82, 2.24) is 24.3 Å². The number of anilines is 1. The fourth-order valence-corrected chi connectivity index (χ4v) is 10.9. The molecular weight excluding hydrogens is 826 g/mol. The van der Waals surface area contributed by atoms with E-state index in [0.29, 0.717) is 30.5 Å². The molecule has 2 amide bonds. The standard InChI is InChI=1S/C43H50ClN7O9S/c1-49-22-32(41(46-49)58-5)40(53)48-61(55)18-16-30(60-42(54)38-37(57-4)23-50(2)45-38)11-15-35(56-3)31-12-8-28(31)21-51-24-43(17-6-7-26-19-29(44)10-13-33(26)43)25-59-36-14-9-27(20-34(36)51)39(52)47-61/h9-11,13-15,19-20,22-23,28,30-31,35H,6-8,12,16-18,21,24-25H2,1-5H3,(H,47,48,52,53,55)/b15-11+/t28-,30-,31+,35-,43-,61-/m0/s1. The van der Waals surface area contributed by atoms with Crippen LogP contribution in [-0.2, 0) is 45.3 Å². The van der Waals surface area contributed by atoms with Gasteiger partial charge in [-0.2, -0.15) is 5.10 Å². The zero-order valence-electron chi connectivity index (χ0n) is 34.8. The first-order valence-corrected chi connectivity index (χ1v) is 22.4. The largest absolute Gasteiger partial charge is 0.493 e. The molecule has 324 valence electrons. The molecule has 1 N–H and O–H groups in total. The molecule has 1 fully saturated rings. The van der Waals surface area contributed by atoms with E-state index in [-0.39, 0.29) is 64.0 Å². The number of methoxy groups -OCH3 is 3. The Bertz CT molecular complexity index is 2510. The molecular formula is C43H50ClN7O9S. The van der Waals surface area contributed by atoms with Crippen LogP contribution >= 0.6 is 11.6 Å². The Morgan fingerprint density at radius 3 is 2.57 bits per heavy atom. The molecule has 61 heavy (non-hydrogen) atoms. The Balaban J connectivity index is 1.21. The number of hydrogen-bond donors (Lipinski definition) is 1. The number of amides is 2. The lowest BCUT2D eigenvalue weighted by molar-refractivity contribution is 0.0118. The van der Waals surface area contributed by atoms with Crippen LogP contribution < -0.4 is 23.8 Å². The molecule has 2 aliphatic carbocycles. The van der Waals surface area contributed by atoms with Gasteiger partial charge < -0.3 is 28.6 Å². The lowest BCUT2D eigenvalue weighted by Crippen LogP contribution is -2.49. The molecule has 2 aliphatic heterocycles. The molecule has 16 nitrogen and oxygen atoms in total. The van der Waals surface area contributed by atoms with Crippen molar-refractivity contribution < 1.29 is 42.3 Å². The molecule has 4 aliphatic rings. The number of ether oxygens (including phenoxy) is 5. The Hall–Kier alpha value is -5.39. The van der Waals surface area contributed by atoms with Gasteiger partial charge >= 0.3 is 5.97 Å². The highest BCUT2D eigenvalue weighted by atomic mass is 35.5. The van der Waals surface area contributed by atoms with E-state index < -0.39 is 33.8 Å². The van der Waals surface area contributed by atoms with Crippen molar-refractivity contribution in [2.75, 3.05) is 51.7 Å². The van der Waals surface area contributed by atoms with Crippen molar-refractivity contribution in [3.63, 3.8) is 0 Å². The fraction of sp³-hybridized carbons (Fsp3) is 0.465. The van der Waals surface area contributed by atoms with Gasteiger partial charge in [0.15, 0.2) is 5.75 Å². The number of carbonyl (C=O) groups excluding carboxylic acids is 3. The van der Waals surface area contributed by atoms with Gasteiger partial charge in [0.05, 0.1) is 44.6 Å². The Morgan fingerprint density at radius 2 is 1.82 bits per heavy atom. The topological polar surface area (TPSA) is 178 Å². The third-order valence-electron chi connectivity index (χ3n) is 12.3. The SMILES string of the molecule is COc1cn(C)nc1C(=O)O[C@H]1/C=C/[C@H](OC)[C@@H]2CC[C@H]2CN2C[C@@]3(CCCc4cc(Cl)ccc43)COc3ccc(cc32)C(=O)N=[S@](=O)(NC(=O)c2cn(C)nc2OC)CC1. The van der Waals surface area contributed by atoms with Crippen LogP contribution in [0.15, 0.2) is 65.3 Å². The molecule has 1 spiro atoms. The summed E-state index contributed by atoms with van der Waals surface area (Å²) in [5.74, 6) is -1.64. The lowest BCUT2D eigenvalue weighted by Gasteiger charge is -2.46. The molecule has 0 saturated heterocycles. The van der Waals surface area contributed by atoms with Gasteiger partial charge in [-0.05, 0) is 91.5 Å². The van der Waals surface area contributed by atoms with Gasteiger partial charge in [0.25, 0.3) is 11.8 Å². The van der Waals surface area contributed by atoms with Crippen molar-refractivity contribution in [2.45, 2.75) is 56.1 Å². The van der Waals surface area contributed by atoms with Crippen molar-refractivity contribution in [3.05, 3.63) is 93.9 Å². The van der Waals surface area contributed by atoms with Gasteiger partial charge in [-0.15, -0.1) is 9.46 Å². The van der Waals surface area contributed by atoms with E-state index in [1.54, 1.807) is 51.7 Å². The summed E-state index contributed by atoms with van der Waals surface area (Å²) in [5, 5.41) is 9.07. The molecule has 0 radical (unpaired) electrons. The molecule has 8 rings (SSSR count). The Morgan fingerprint density at radius 1 is 1.00 bits per heavy atom. The van der Waals surface area contributed by atoms with Gasteiger partial charge in [0, 0.05) is 62.9 Å². The van der Waals surface area contributed by atoms with E-state index in [0.717, 1.165) is 37.8 Å². The first-order valence-electron chi connectivity index (χ1n) is 20.3. The maximum absolute atomic E-state index is 15.0. The number of rotatable bonds is 7. The van der Waals surface area contributed by atoms with Crippen molar-refractivity contribution in [2.24, 2.45) is 30.3 Å². The predicted molar refractivity (Wildman–Crippen MR) is 227 cm³/mol. The van der Waals surface area contributed by atoms with Crippen LogP contribution in [0, 0.1) is 11.8 Å². The van der Waals surface area contributed by atoms with Gasteiger partial charge in [-0.1, -0.05) is 23.7 Å². The highest BCUT2D eigenvalue weighted by Crippen LogP contribution is 2.47. The summed E-state index contributed by atoms with van der Waals surface area (Å²) in [6.45, 7) is 1.70. The number of halogens is 1. The first-order chi connectivity index (χ1) is 29.3. The minimum atomic E-state index is -3.92. The van der Waals surface area contributed by atoms with Crippen LogP contribution in [0.25, 0.3) is 0 Å². The van der Waals surface area contributed by atoms with E-state index in [9.17, 15) is 18.6 Å². The summed E-state index contributed by atoms with van der Waals surface area (Å²) < 4.78 is 54.0. The molecule has 2 aromatic carbocycles. The second-order valence-corrected chi connectivity index (χ2v) is 18.7. The summed E-state index contributed by atoms with van der Waals surface area (Å²) in [7, 11) is 3.77. The molecule has 4 aromatic rings. The number of nitrogens with zero attached hydrogens (tertiary/aromatic N) is 6. The van der Waals surface area contributed by atoms with Crippen molar-refractivity contribution >= 4 is 45.0 Å². The predicted octanol–water partition coefficient (Wildman–Crippen LogP) is 5.48. The average Bonchev–Trinajstić information content (AvgIpc) is 3.78. The van der Waals surface area contributed by atoms with Crippen LogP contribution in [0.4, 0.5) is 5.69 Å². The van der Waals surface area contributed by atoms with Crippen LogP contribution in [0.3, 0.4) is 0 Å². The summed E-state index contributed by atoms with van der Waals surface area (Å²) in [5.41, 5.74) is 2.90. The van der Waals surface area contributed by atoms with Crippen molar-refractivity contribution in [1.29, 1.82) is 0 Å². The number of aryl methyl sites for hydroxylation is 3. The molecule has 0 unspecified atom stereocenters. The number of benzene rings is 2. The molecule has 2 aromatic heterocycles. The number of esters is 1. The number of fused-ring (bicyclic) bond motifs is 4. The highest BCUT2D eigenvalue weighted by Gasteiger charge is 2.44. The second-order valence-electron chi connectivity index (χ2n) is 16.2. The number of hydrogen-bond acceptors (Lipinski definition) is 12. The van der Waals surface area contributed by atoms with E-state index >= 15 is 0 Å². The molecule has 18 heteroatoms. The summed E-state index contributed by atoms with van der Waals surface area (Å²) >= 11 is 6.49. The summed E-state index contributed by atoms with van der Waals surface area (Å²) in [6, 6.07) is 11.2. The number of aromatic nitrogens is 4. The van der Waals surface area contributed by atoms with Crippen LogP contribution in [0.1, 0.15) is 74.4 Å². The fourth-order valence-electron chi connectivity index (χ4n) is 9.12. The van der Waals surface area contributed by atoms with E-state index in [4.69, 9.17) is 35.3 Å². The third kappa shape index (κ3) is 8.60. The molecule has 6 atom stereocenters. The van der Waals surface area contributed by atoms with Gasteiger partial charge in [-0.3, -0.25) is 23.7 Å². The number of carbonyl (C=O) groups is 3. The van der Waals surface area contributed by atoms with Crippen LogP contribution in [-0.4, -0.2) is 101 Å². The van der Waals surface area contributed by atoms with Crippen molar-refractivity contribution in [3.8, 4) is 17.4 Å². The Kier molecular flexibility index (Phi) is 11.9.